The second-order valence-electron chi connectivity index (χ2n) is 7.59. The van der Waals surface area contributed by atoms with Crippen LogP contribution in [0.15, 0.2) is 46.9 Å². The smallest absolute Gasteiger partial charge is 0.269 e. The minimum absolute atomic E-state index is 0.0742. The van der Waals surface area contributed by atoms with Crippen molar-refractivity contribution < 1.29 is 19.1 Å². The number of benzene rings is 2. The first kappa shape index (κ1) is 26.3. The number of rotatable bonds is 8. The molecule has 0 saturated heterocycles. The summed E-state index contributed by atoms with van der Waals surface area (Å²) in [5.74, 6) is -0.221. The van der Waals surface area contributed by atoms with Gasteiger partial charge in [0.1, 0.15) is 5.75 Å². The van der Waals surface area contributed by atoms with Crippen LogP contribution in [0.25, 0.3) is 0 Å². The van der Waals surface area contributed by atoms with Gasteiger partial charge in [-0.1, -0.05) is 26.8 Å². The minimum atomic E-state index is -0.477. The van der Waals surface area contributed by atoms with Crippen LogP contribution in [0.2, 0.25) is 0 Å². The van der Waals surface area contributed by atoms with E-state index in [1.807, 2.05) is 32.9 Å². The van der Waals surface area contributed by atoms with Crippen molar-refractivity contribution in [2.45, 2.75) is 33.6 Å². The summed E-state index contributed by atoms with van der Waals surface area (Å²) >= 11 is 8.43. The maximum atomic E-state index is 12.3. The van der Waals surface area contributed by atoms with Crippen LogP contribution in [0, 0.1) is 5.92 Å². The average molecular weight is 535 g/mol. The standard InChI is InChI=1S/C23H27BrN4O4S/c1-4-15-5-10-19(18(24)12-15)32-13-21(30)26-23(33)28-27-22(31)16-6-8-17(9-7-16)25-20(29)11-14(2)3/h5-10,12,14H,4,11,13H2,1-3H3,(H,25,29)(H,27,31)(H2,26,28,30,33). The van der Waals surface area contributed by atoms with Crippen LogP contribution in [0.3, 0.4) is 0 Å². The number of carbonyl (C=O) groups excluding carboxylic acids is 3. The summed E-state index contributed by atoms with van der Waals surface area (Å²) in [6.07, 6.45) is 1.31. The first-order valence-corrected chi connectivity index (χ1v) is 11.6. The Morgan fingerprint density at radius 1 is 1.03 bits per heavy atom. The number of halogens is 1. The molecule has 0 atom stereocenters. The molecular formula is C23H27BrN4O4S. The van der Waals surface area contributed by atoms with Crippen molar-refractivity contribution in [1.82, 2.24) is 16.2 Å². The van der Waals surface area contributed by atoms with Gasteiger partial charge in [0.15, 0.2) is 11.7 Å². The van der Waals surface area contributed by atoms with Gasteiger partial charge in [0, 0.05) is 17.7 Å². The highest BCUT2D eigenvalue weighted by atomic mass is 79.9. The van der Waals surface area contributed by atoms with E-state index in [1.165, 1.54) is 0 Å². The minimum Gasteiger partial charge on any atom is -0.483 e. The van der Waals surface area contributed by atoms with E-state index >= 15 is 0 Å². The molecule has 2 aromatic carbocycles. The van der Waals surface area contributed by atoms with E-state index in [0.29, 0.717) is 23.4 Å². The molecule has 0 saturated carbocycles. The maximum absolute atomic E-state index is 12.3. The number of hydrazine groups is 1. The highest BCUT2D eigenvalue weighted by Gasteiger charge is 2.11. The van der Waals surface area contributed by atoms with Crippen LogP contribution in [-0.2, 0) is 16.0 Å². The molecular weight excluding hydrogens is 508 g/mol. The monoisotopic (exact) mass is 534 g/mol. The number of amides is 3. The quantitative estimate of drug-likeness (QED) is 0.303. The molecule has 0 aliphatic heterocycles. The van der Waals surface area contributed by atoms with Crippen LogP contribution in [0.1, 0.15) is 43.1 Å². The molecule has 2 rings (SSSR count). The van der Waals surface area contributed by atoms with Crippen molar-refractivity contribution in [3.63, 3.8) is 0 Å². The lowest BCUT2D eigenvalue weighted by molar-refractivity contribution is -0.121. The normalized spacial score (nSPS) is 10.3. The van der Waals surface area contributed by atoms with E-state index in [0.717, 1.165) is 16.5 Å². The molecule has 33 heavy (non-hydrogen) atoms. The Kier molecular flexibility index (Phi) is 10.3. The summed E-state index contributed by atoms with van der Waals surface area (Å²) in [6, 6.07) is 12.0. The summed E-state index contributed by atoms with van der Waals surface area (Å²) in [5, 5.41) is 5.12. The van der Waals surface area contributed by atoms with Gasteiger partial charge in [-0.2, -0.15) is 0 Å². The summed E-state index contributed by atoms with van der Waals surface area (Å²) in [6.45, 7) is 5.73. The zero-order valence-electron chi connectivity index (χ0n) is 18.7. The largest absolute Gasteiger partial charge is 0.483 e. The number of hydrogen-bond donors (Lipinski definition) is 4. The van der Waals surface area contributed by atoms with Gasteiger partial charge in [0.05, 0.1) is 4.47 Å². The lowest BCUT2D eigenvalue weighted by Crippen LogP contribution is -2.49. The Balaban J connectivity index is 1.75. The molecule has 0 heterocycles. The third-order valence-corrected chi connectivity index (χ3v) is 5.15. The molecule has 0 radical (unpaired) electrons. The fourth-order valence-corrected chi connectivity index (χ4v) is 3.40. The van der Waals surface area contributed by atoms with Crippen molar-refractivity contribution in [1.29, 1.82) is 0 Å². The van der Waals surface area contributed by atoms with Crippen LogP contribution in [0.5, 0.6) is 5.75 Å². The highest BCUT2D eigenvalue weighted by Crippen LogP contribution is 2.26. The predicted molar refractivity (Wildman–Crippen MR) is 135 cm³/mol. The van der Waals surface area contributed by atoms with E-state index < -0.39 is 11.8 Å². The van der Waals surface area contributed by atoms with Crippen molar-refractivity contribution in [3.05, 3.63) is 58.1 Å². The fourth-order valence-electron chi connectivity index (χ4n) is 2.69. The molecule has 176 valence electrons. The van der Waals surface area contributed by atoms with E-state index in [4.69, 9.17) is 17.0 Å². The Hall–Kier alpha value is -2.98. The van der Waals surface area contributed by atoms with Crippen molar-refractivity contribution in [3.8, 4) is 5.75 Å². The van der Waals surface area contributed by atoms with E-state index in [-0.39, 0.29) is 23.5 Å². The number of ether oxygens (including phenoxy) is 1. The number of anilines is 1. The predicted octanol–water partition coefficient (Wildman–Crippen LogP) is 3.71. The van der Waals surface area contributed by atoms with Crippen molar-refractivity contribution >= 4 is 56.7 Å². The average Bonchev–Trinajstić information content (AvgIpc) is 2.76. The first-order chi connectivity index (χ1) is 15.7. The number of hydrogen-bond acceptors (Lipinski definition) is 5. The van der Waals surface area contributed by atoms with Gasteiger partial charge in [0.25, 0.3) is 11.8 Å². The zero-order chi connectivity index (χ0) is 24.4. The first-order valence-electron chi connectivity index (χ1n) is 10.4. The van der Waals surface area contributed by atoms with Crippen LogP contribution < -0.4 is 26.2 Å². The molecule has 0 unspecified atom stereocenters. The second kappa shape index (κ2) is 12.9. The molecule has 8 nitrogen and oxygen atoms in total. The molecule has 0 aliphatic rings. The van der Waals surface area contributed by atoms with Crippen LogP contribution in [0.4, 0.5) is 5.69 Å². The summed E-state index contributed by atoms with van der Waals surface area (Å²) in [4.78, 5) is 36.1. The van der Waals surface area contributed by atoms with Gasteiger partial charge in [-0.3, -0.25) is 30.6 Å². The van der Waals surface area contributed by atoms with Gasteiger partial charge in [-0.25, -0.2) is 0 Å². The van der Waals surface area contributed by atoms with Crippen LogP contribution >= 0.6 is 28.1 Å². The number of thiocarbonyl (C=S) groups is 1. The SMILES string of the molecule is CCc1ccc(OCC(=O)NC(=S)NNC(=O)c2ccc(NC(=O)CC(C)C)cc2)c(Br)c1. The maximum Gasteiger partial charge on any atom is 0.269 e. The lowest BCUT2D eigenvalue weighted by atomic mass is 10.1. The molecule has 0 aliphatic carbocycles. The Labute approximate surface area is 206 Å². The van der Waals surface area contributed by atoms with Crippen molar-refractivity contribution in [2.75, 3.05) is 11.9 Å². The second-order valence-corrected chi connectivity index (χ2v) is 8.85. The number of nitrogens with one attached hydrogen (secondary N) is 4. The summed E-state index contributed by atoms with van der Waals surface area (Å²) in [5.41, 5.74) is 6.97. The molecule has 10 heteroatoms. The fraction of sp³-hybridized carbons (Fsp3) is 0.304. The van der Waals surface area contributed by atoms with Gasteiger partial charge < -0.3 is 10.1 Å². The van der Waals surface area contributed by atoms with Crippen LogP contribution in [-0.4, -0.2) is 29.4 Å². The van der Waals surface area contributed by atoms with E-state index in [9.17, 15) is 14.4 Å². The third kappa shape index (κ3) is 9.19. The molecule has 0 spiro atoms. The molecule has 2 aromatic rings. The molecule has 3 amide bonds. The number of aryl methyl sites for hydroxylation is 1. The van der Waals surface area contributed by atoms with E-state index in [1.54, 1.807) is 30.3 Å². The topological polar surface area (TPSA) is 109 Å². The third-order valence-electron chi connectivity index (χ3n) is 4.33. The molecule has 0 aromatic heterocycles. The highest BCUT2D eigenvalue weighted by molar-refractivity contribution is 9.10. The summed E-state index contributed by atoms with van der Waals surface area (Å²) in [7, 11) is 0. The molecule has 0 fully saturated rings. The van der Waals surface area contributed by atoms with E-state index in [2.05, 4.69) is 37.4 Å². The Bertz CT molecular complexity index is 1010. The van der Waals surface area contributed by atoms with Crippen molar-refractivity contribution in [2.24, 2.45) is 5.92 Å². The van der Waals surface area contributed by atoms with Gasteiger partial charge in [-0.15, -0.1) is 0 Å². The van der Waals surface area contributed by atoms with Gasteiger partial charge in [-0.05, 0) is 82.4 Å². The molecule has 0 bridgehead atoms. The zero-order valence-corrected chi connectivity index (χ0v) is 21.1. The number of carbonyl (C=O) groups is 3. The molecule has 4 N–H and O–H groups in total. The van der Waals surface area contributed by atoms with Gasteiger partial charge >= 0.3 is 0 Å². The Morgan fingerprint density at radius 2 is 1.73 bits per heavy atom. The van der Waals surface area contributed by atoms with Gasteiger partial charge in [0.2, 0.25) is 5.91 Å². The summed E-state index contributed by atoms with van der Waals surface area (Å²) < 4.78 is 6.25. The Morgan fingerprint density at radius 3 is 2.33 bits per heavy atom. The lowest BCUT2D eigenvalue weighted by Gasteiger charge is -2.12.